The molecule has 0 N–H and O–H groups in total. The Balaban J connectivity index is 2.46. The van der Waals surface area contributed by atoms with Crippen LogP contribution in [0.2, 0.25) is 0 Å². The standard InChI is InChI=1S/C9H14O5/c1-3-12-5-4-9(2)13-7(10)6-8(11)14-9/h3-6H2,1-2H3. The van der Waals surface area contributed by atoms with Crippen molar-refractivity contribution in [2.24, 2.45) is 0 Å². The summed E-state index contributed by atoms with van der Waals surface area (Å²) < 4.78 is 14.9. The molecule has 0 aromatic carbocycles. The van der Waals surface area contributed by atoms with Gasteiger partial charge in [0, 0.05) is 20.0 Å². The maximum absolute atomic E-state index is 11.0. The van der Waals surface area contributed by atoms with Crippen LogP contribution in [-0.4, -0.2) is 30.9 Å². The van der Waals surface area contributed by atoms with Gasteiger partial charge in [-0.25, -0.2) is 0 Å². The van der Waals surface area contributed by atoms with Gasteiger partial charge in [0.15, 0.2) is 0 Å². The van der Waals surface area contributed by atoms with Gasteiger partial charge in [0.05, 0.1) is 6.61 Å². The van der Waals surface area contributed by atoms with E-state index in [1.54, 1.807) is 6.92 Å². The monoisotopic (exact) mass is 202 g/mol. The van der Waals surface area contributed by atoms with Crippen molar-refractivity contribution in [3.8, 4) is 0 Å². The summed E-state index contributed by atoms with van der Waals surface area (Å²) in [6, 6.07) is 0. The zero-order valence-corrected chi connectivity index (χ0v) is 8.37. The zero-order valence-electron chi connectivity index (χ0n) is 8.37. The quantitative estimate of drug-likeness (QED) is 0.380. The lowest BCUT2D eigenvalue weighted by atomic mass is 10.2. The molecule has 0 atom stereocenters. The minimum atomic E-state index is -1.15. The van der Waals surface area contributed by atoms with Gasteiger partial charge < -0.3 is 14.2 Å². The molecule has 0 aliphatic carbocycles. The molecule has 0 unspecified atom stereocenters. The summed E-state index contributed by atoms with van der Waals surface area (Å²) >= 11 is 0. The van der Waals surface area contributed by atoms with Crippen molar-refractivity contribution >= 4 is 11.9 Å². The Morgan fingerprint density at radius 3 is 2.43 bits per heavy atom. The molecule has 0 aromatic heterocycles. The van der Waals surface area contributed by atoms with E-state index in [0.717, 1.165) is 0 Å². The Labute approximate surface area is 82.3 Å². The van der Waals surface area contributed by atoms with Crippen molar-refractivity contribution in [2.45, 2.75) is 32.5 Å². The summed E-state index contributed by atoms with van der Waals surface area (Å²) in [6.07, 6.45) is 0.0581. The van der Waals surface area contributed by atoms with E-state index in [1.165, 1.54) is 0 Å². The number of cyclic esters (lactones) is 2. The van der Waals surface area contributed by atoms with Crippen molar-refractivity contribution in [1.82, 2.24) is 0 Å². The Morgan fingerprint density at radius 1 is 1.36 bits per heavy atom. The Bertz CT molecular complexity index is 219. The van der Waals surface area contributed by atoms with E-state index in [-0.39, 0.29) is 6.42 Å². The van der Waals surface area contributed by atoms with Gasteiger partial charge in [-0.15, -0.1) is 0 Å². The van der Waals surface area contributed by atoms with E-state index in [4.69, 9.17) is 14.2 Å². The van der Waals surface area contributed by atoms with Crippen molar-refractivity contribution in [2.75, 3.05) is 13.2 Å². The molecule has 0 radical (unpaired) electrons. The van der Waals surface area contributed by atoms with Gasteiger partial charge in [-0.05, 0) is 6.92 Å². The third kappa shape index (κ3) is 2.99. The number of carbonyl (C=O) groups excluding carboxylic acids is 2. The van der Waals surface area contributed by atoms with Crippen LogP contribution in [0.15, 0.2) is 0 Å². The number of esters is 2. The highest BCUT2D eigenvalue weighted by molar-refractivity contribution is 5.93. The second kappa shape index (κ2) is 4.41. The zero-order chi connectivity index (χ0) is 10.6. The van der Waals surface area contributed by atoms with Crippen LogP contribution in [0.4, 0.5) is 0 Å². The lowest BCUT2D eigenvalue weighted by Crippen LogP contribution is -2.43. The average Bonchev–Trinajstić information content (AvgIpc) is 2.01. The van der Waals surface area contributed by atoms with Crippen LogP contribution < -0.4 is 0 Å². The largest absolute Gasteiger partial charge is 0.422 e. The van der Waals surface area contributed by atoms with E-state index < -0.39 is 17.7 Å². The van der Waals surface area contributed by atoms with Crippen molar-refractivity contribution in [1.29, 1.82) is 0 Å². The van der Waals surface area contributed by atoms with Crippen molar-refractivity contribution in [3.05, 3.63) is 0 Å². The normalized spacial score (nSPS) is 20.1. The fraction of sp³-hybridized carbons (Fsp3) is 0.778. The number of hydrogen-bond donors (Lipinski definition) is 0. The minimum absolute atomic E-state index is 0.301. The van der Waals surface area contributed by atoms with Crippen LogP contribution in [0.5, 0.6) is 0 Å². The van der Waals surface area contributed by atoms with Crippen LogP contribution in [0, 0.1) is 0 Å². The van der Waals surface area contributed by atoms with Crippen molar-refractivity contribution in [3.63, 3.8) is 0 Å². The SMILES string of the molecule is CCOCCC1(C)OC(=O)CC(=O)O1. The number of hydrogen-bond acceptors (Lipinski definition) is 5. The average molecular weight is 202 g/mol. The fourth-order valence-corrected chi connectivity index (χ4v) is 1.20. The Hall–Kier alpha value is -1.10. The first-order chi connectivity index (χ1) is 6.56. The maximum Gasteiger partial charge on any atom is 0.320 e. The van der Waals surface area contributed by atoms with Crippen LogP contribution in [0.3, 0.4) is 0 Å². The van der Waals surface area contributed by atoms with E-state index in [1.807, 2.05) is 6.92 Å². The smallest absolute Gasteiger partial charge is 0.320 e. The van der Waals surface area contributed by atoms with Crippen LogP contribution in [0.25, 0.3) is 0 Å². The number of ether oxygens (including phenoxy) is 3. The summed E-state index contributed by atoms with van der Waals surface area (Å²) in [7, 11) is 0. The lowest BCUT2D eigenvalue weighted by molar-refractivity contribution is -0.241. The van der Waals surface area contributed by atoms with E-state index in [0.29, 0.717) is 19.6 Å². The molecule has 0 saturated carbocycles. The van der Waals surface area contributed by atoms with Crippen LogP contribution >= 0.6 is 0 Å². The highest BCUT2D eigenvalue weighted by Crippen LogP contribution is 2.23. The van der Waals surface area contributed by atoms with Crippen molar-refractivity contribution < 1.29 is 23.8 Å². The molecular weight excluding hydrogens is 188 g/mol. The van der Waals surface area contributed by atoms with E-state index in [9.17, 15) is 9.59 Å². The highest BCUT2D eigenvalue weighted by atomic mass is 16.7. The molecule has 5 heteroatoms. The van der Waals surface area contributed by atoms with Gasteiger partial charge in [-0.3, -0.25) is 9.59 Å². The molecule has 80 valence electrons. The lowest BCUT2D eigenvalue weighted by Gasteiger charge is -2.32. The molecule has 1 rings (SSSR count). The molecule has 0 bridgehead atoms. The third-order valence-corrected chi connectivity index (χ3v) is 1.85. The predicted molar refractivity (Wildman–Crippen MR) is 46.3 cm³/mol. The fourth-order valence-electron chi connectivity index (χ4n) is 1.20. The number of carbonyl (C=O) groups is 2. The first-order valence-electron chi connectivity index (χ1n) is 4.57. The molecule has 14 heavy (non-hydrogen) atoms. The van der Waals surface area contributed by atoms with Crippen LogP contribution in [-0.2, 0) is 23.8 Å². The highest BCUT2D eigenvalue weighted by Gasteiger charge is 2.38. The van der Waals surface area contributed by atoms with E-state index in [2.05, 4.69) is 0 Å². The van der Waals surface area contributed by atoms with E-state index >= 15 is 0 Å². The molecule has 1 fully saturated rings. The van der Waals surface area contributed by atoms with Crippen LogP contribution in [0.1, 0.15) is 26.7 Å². The summed E-state index contributed by atoms with van der Waals surface area (Å²) in [6.45, 7) is 4.40. The van der Waals surface area contributed by atoms with Gasteiger partial charge in [0.1, 0.15) is 6.42 Å². The van der Waals surface area contributed by atoms with Gasteiger partial charge in [0.2, 0.25) is 0 Å². The summed E-state index contributed by atoms with van der Waals surface area (Å²) in [5.74, 6) is -2.23. The molecular formula is C9H14O5. The first kappa shape index (κ1) is 11.0. The predicted octanol–water partition coefficient (Wildman–Crippen LogP) is 0.619. The second-order valence-corrected chi connectivity index (χ2v) is 3.21. The molecule has 1 aliphatic rings. The molecule has 1 aliphatic heterocycles. The molecule has 0 aromatic rings. The molecule has 0 spiro atoms. The van der Waals surface area contributed by atoms with Gasteiger partial charge in [0.25, 0.3) is 5.79 Å². The number of rotatable bonds is 4. The minimum Gasteiger partial charge on any atom is -0.422 e. The topological polar surface area (TPSA) is 61.8 Å². The molecule has 1 heterocycles. The van der Waals surface area contributed by atoms with Gasteiger partial charge in [-0.2, -0.15) is 0 Å². The first-order valence-corrected chi connectivity index (χ1v) is 4.57. The van der Waals surface area contributed by atoms with Gasteiger partial charge in [-0.1, -0.05) is 0 Å². The molecule has 5 nitrogen and oxygen atoms in total. The summed E-state index contributed by atoms with van der Waals surface area (Å²) in [5.41, 5.74) is 0. The second-order valence-electron chi connectivity index (χ2n) is 3.21. The van der Waals surface area contributed by atoms with Gasteiger partial charge >= 0.3 is 11.9 Å². The summed E-state index contributed by atoms with van der Waals surface area (Å²) in [5, 5.41) is 0. The Kier molecular flexibility index (Phi) is 3.46. The Morgan fingerprint density at radius 2 is 1.93 bits per heavy atom. The molecule has 0 amide bonds. The third-order valence-electron chi connectivity index (χ3n) is 1.85. The maximum atomic E-state index is 11.0. The summed E-state index contributed by atoms with van der Waals surface area (Å²) in [4.78, 5) is 21.9. The molecule has 1 saturated heterocycles.